The number of amides is 1. The molecule has 1 amide bonds. The van der Waals surface area contributed by atoms with Gasteiger partial charge in [0.25, 0.3) is 11.7 Å². The molecule has 1 atom stereocenters. The SMILES string of the molecule is COCCCN1C(=O)C(=O)/C(=C(\O)c2ccc(F)c(C)c2)C1c1ccc(C(C)(C)C)cc1. The Balaban J connectivity index is 2.13. The molecule has 2 aromatic rings. The Morgan fingerprint density at radius 1 is 1.12 bits per heavy atom. The number of benzene rings is 2. The highest BCUT2D eigenvalue weighted by molar-refractivity contribution is 6.46. The van der Waals surface area contributed by atoms with E-state index in [0.717, 1.165) is 11.1 Å². The van der Waals surface area contributed by atoms with Crippen molar-refractivity contribution in [3.05, 3.63) is 76.1 Å². The lowest BCUT2D eigenvalue weighted by molar-refractivity contribution is -0.140. The van der Waals surface area contributed by atoms with Crippen LogP contribution in [0.15, 0.2) is 48.0 Å². The molecule has 1 saturated heterocycles. The molecule has 0 bridgehead atoms. The van der Waals surface area contributed by atoms with E-state index in [1.165, 1.54) is 23.1 Å². The van der Waals surface area contributed by atoms with Crippen LogP contribution in [0.3, 0.4) is 0 Å². The highest BCUT2D eigenvalue weighted by atomic mass is 19.1. The quantitative estimate of drug-likeness (QED) is 0.301. The summed E-state index contributed by atoms with van der Waals surface area (Å²) in [5.41, 5.74) is 2.46. The number of hydrogen-bond donors (Lipinski definition) is 1. The number of rotatable bonds is 6. The molecule has 2 aromatic carbocycles. The summed E-state index contributed by atoms with van der Waals surface area (Å²) in [5.74, 6) is -2.11. The topological polar surface area (TPSA) is 66.8 Å². The van der Waals surface area contributed by atoms with E-state index in [1.54, 1.807) is 14.0 Å². The van der Waals surface area contributed by atoms with Crippen LogP contribution in [0.25, 0.3) is 5.76 Å². The van der Waals surface area contributed by atoms with Gasteiger partial charge in [0.1, 0.15) is 11.6 Å². The lowest BCUT2D eigenvalue weighted by Crippen LogP contribution is -2.31. The molecule has 0 saturated carbocycles. The normalized spacial score (nSPS) is 18.4. The van der Waals surface area contributed by atoms with E-state index in [0.29, 0.717) is 30.7 Å². The highest BCUT2D eigenvalue weighted by Crippen LogP contribution is 2.40. The third-order valence-corrected chi connectivity index (χ3v) is 5.81. The van der Waals surface area contributed by atoms with Gasteiger partial charge in [0.15, 0.2) is 0 Å². The van der Waals surface area contributed by atoms with Gasteiger partial charge in [-0.3, -0.25) is 9.59 Å². The highest BCUT2D eigenvalue weighted by Gasteiger charge is 2.45. The number of hydrogen-bond acceptors (Lipinski definition) is 4. The average Bonchev–Trinajstić information content (AvgIpc) is 3.00. The molecule has 6 heteroatoms. The van der Waals surface area contributed by atoms with Crippen LogP contribution in [0.2, 0.25) is 0 Å². The first kappa shape index (κ1) is 23.7. The van der Waals surface area contributed by atoms with Gasteiger partial charge in [-0.05, 0) is 53.6 Å². The standard InChI is InChI=1S/C26H30FNO4/c1-16-15-18(9-12-20(16)27)23(29)21-22(17-7-10-19(11-8-17)26(2,3)4)28(13-6-14-32-5)25(31)24(21)30/h7-12,15,22,29H,6,13-14H2,1-5H3/b23-21-. The Labute approximate surface area is 188 Å². The second kappa shape index (κ2) is 9.25. The minimum absolute atomic E-state index is 0.0157. The Hall–Kier alpha value is -2.99. The molecule has 1 heterocycles. The zero-order valence-corrected chi connectivity index (χ0v) is 19.2. The zero-order chi connectivity index (χ0) is 23.6. The second-order valence-electron chi connectivity index (χ2n) is 9.17. The van der Waals surface area contributed by atoms with Crippen LogP contribution in [0.5, 0.6) is 0 Å². The molecule has 1 N–H and O–H groups in total. The van der Waals surface area contributed by atoms with Crippen LogP contribution in [-0.4, -0.2) is 42.0 Å². The maximum Gasteiger partial charge on any atom is 0.295 e. The molecule has 1 fully saturated rings. The molecule has 170 valence electrons. The molecule has 0 spiro atoms. The summed E-state index contributed by atoms with van der Waals surface area (Å²) < 4.78 is 18.9. The number of nitrogens with zero attached hydrogens (tertiary/aromatic N) is 1. The van der Waals surface area contributed by atoms with Gasteiger partial charge in [-0.1, -0.05) is 45.0 Å². The van der Waals surface area contributed by atoms with E-state index in [1.807, 2.05) is 24.3 Å². The molecule has 1 aliphatic rings. The third-order valence-electron chi connectivity index (χ3n) is 5.81. The van der Waals surface area contributed by atoms with Gasteiger partial charge in [-0.15, -0.1) is 0 Å². The van der Waals surface area contributed by atoms with E-state index in [2.05, 4.69) is 20.8 Å². The number of aryl methyl sites for hydroxylation is 1. The first-order chi connectivity index (χ1) is 15.1. The van der Waals surface area contributed by atoms with Gasteiger partial charge >= 0.3 is 0 Å². The van der Waals surface area contributed by atoms with E-state index in [9.17, 15) is 19.1 Å². The number of carbonyl (C=O) groups excluding carboxylic acids is 2. The minimum atomic E-state index is -0.744. The van der Waals surface area contributed by atoms with Crippen LogP contribution < -0.4 is 0 Å². The van der Waals surface area contributed by atoms with Gasteiger partial charge in [0, 0.05) is 25.8 Å². The molecule has 3 rings (SSSR count). The smallest absolute Gasteiger partial charge is 0.295 e. The fraction of sp³-hybridized carbons (Fsp3) is 0.385. The van der Waals surface area contributed by atoms with Crippen molar-refractivity contribution in [1.29, 1.82) is 0 Å². The average molecular weight is 440 g/mol. The van der Waals surface area contributed by atoms with E-state index in [4.69, 9.17) is 4.74 Å². The number of aliphatic hydroxyl groups is 1. The van der Waals surface area contributed by atoms with Crippen molar-refractivity contribution in [3.8, 4) is 0 Å². The van der Waals surface area contributed by atoms with E-state index >= 15 is 0 Å². The van der Waals surface area contributed by atoms with Gasteiger partial charge in [0.05, 0.1) is 11.6 Å². The van der Waals surface area contributed by atoms with Crippen molar-refractivity contribution in [2.24, 2.45) is 0 Å². The zero-order valence-electron chi connectivity index (χ0n) is 19.2. The number of likely N-dealkylation sites (tertiary alicyclic amines) is 1. The Kier molecular flexibility index (Phi) is 6.84. The van der Waals surface area contributed by atoms with Crippen LogP contribution in [0.4, 0.5) is 4.39 Å². The van der Waals surface area contributed by atoms with Crippen molar-refractivity contribution in [2.75, 3.05) is 20.3 Å². The third kappa shape index (κ3) is 4.60. The van der Waals surface area contributed by atoms with Crippen molar-refractivity contribution in [1.82, 2.24) is 4.90 Å². The summed E-state index contributed by atoms with van der Waals surface area (Å²) >= 11 is 0. The van der Waals surface area contributed by atoms with Crippen molar-refractivity contribution < 1.29 is 23.8 Å². The maximum atomic E-state index is 13.7. The lowest BCUT2D eigenvalue weighted by Gasteiger charge is -2.26. The Morgan fingerprint density at radius 3 is 2.34 bits per heavy atom. The molecule has 0 aliphatic carbocycles. The summed E-state index contributed by atoms with van der Waals surface area (Å²) in [6, 6.07) is 11.1. The molecule has 0 aromatic heterocycles. The molecule has 5 nitrogen and oxygen atoms in total. The number of halogens is 1. The molecular formula is C26H30FNO4. The van der Waals surface area contributed by atoms with Crippen LogP contribution in [0.1, 0.15) is 55.5 Å². The number of Topliss-reactive ketones (excluding diaryl/α,β-unsaturated/α-hetero) is 1. The predicted molar refractivity (Wildman–Crippen MR) is 122 cm³/mol. The number of aliphatic hydroxyl groups excluding tert-OH is 1. The van der Waals surface area contributed by atoms with Crippen molar-refractivity contribution in [2.45, 2.75) is 45.6 Å². The van der Waals surface area contributed by atoms with Gasteiger partial charge < -0.3 is 14.7 Å². The van der Waals surface area contributed by atoms with Gasteiger partial charge in [-0.2, -0.15) is 0 Å². The van der Waals surface area contributed by atoms with Crippen LogP contribution in [0, 0.1) is 12.7 Å². The molecule has 0 radical (unpaired) electrons. The van der Waals surface area contributed by atoms with Gasteiger partial charge in [0.2, 0.25) is 0 Å². The van der Waals surface area contributed by atoms with Crippen molar-refractivity contribution in [3.63, 3.8) is 0 Å². The number of ether oxygens (including phenoxy) is 1. The summed E-state index contributed by atoms with van der Waals surface area (Å²) in [7, 11) is 1.58. The predicted octanol–water partition coefficient (Wildman–Crippen LogP) is 4.89. The molecular weight excluding hydrogens is 409 g/mol. The number of methoxy groups -OCH3 is 1. The van der Waals surface area contributed by atoms with Gasteiger partial charge in [-0.25, -0.2) is 4.39 Å². The molecule has 1 aliphatic heterocycles. The summed E-state index contributed by atoms with van der Waals surface area (Å²) in [6.45, 7) is 8.65. The minimum Gasteiger partial charge on any atom is -0.507 e. The molecule has 1 unspecified atom stereocenters. The summed E-state index contributed by atoms with van der Waals surface area (Å²) in [4.78, 5) is 27.4. The Morgan fingerprint density at radius 2 is 1.78 bits per heavy atom. The van der Waals surface area contributed by atoms with E-state index < -0.39 is 23.5 Å². The fourth-order valence-corrected chi connectivity index (χ4v) is 3.95. The van der Waals surface area contributed by atoms with Crippen LogP contribution in [-0.2, 0) is 19.7 Å². The number of carbonyl (C=O) groups is 2. The largest absolute Gasteiger partial charge is 0.507 e. The fourth-order valence-electron chi connectivity index (χ4n) is 3.95. The number of ketones is 1. The van der Waals surface area contributed by atoms with E-state index in [-0.39, 0.29) is 16.7 Å². The summed E-state index contributed by atoms with van der Waals surface area (Å²) in [5, 5.41) is 11.1. The van der Waals surface area contributed by atoms with Crippen molar-refractivity contribution >= 4 is 17.4 Å². The first-order valence-corrected chi connectivity index (χ1v) is 10.7. The maximum absolute atomic E-state index is 13.7. The molecule has 32 heavy (non-hydrogen) atoms. The summed E-state index contributed by atoms with van der Waals surface area (Å²) in [6.07, 6.45) is 0.551. The lowest BCUT2D eigenvalue weighted by atomic mass is 9.85. The second-order valence-corrected chi connectivity index (χ2v) is 9.17. The first-order valence-electron chi connectivity index (χ1n) is 10.7. The van der Waals surface area contributed by atoms with Crippen LogP contribution >= 0.6 is 0 Å². The monoisotopic (exact) mass is 439 g/mol. The Bertz CT molecular complexity index is 1050.